The first-order chi connectivity index (χ1) is 6.91. The fourth-order valence-corrected chi connectivity index (χ4v) is 1.09. The lowest BCUT2D eigenvalue weighted by molar-refractivity contribution is -0.137. The lowest BCUT2D eigenvalue weighted by atomic mass is 10.3. The molecule has 7 nitrogen and oxygen atoms in total. The number of ether oxygens (including phenoxy) is 1. The van der Waals surface area contributed by atoms with Crippen LogP contribution in [0.1, 0.15) is 13.3 Å². The van der Waals surface area contributed by atoms with E-state index in [1.807, 2.05) is 0 Å². The summed E-state index contributed by atoms with van der Waals surface area (Å²) in [4.78, 5) is 11.0. The average Bonchev–Trinajstić information content (AvgIpc) is 2.13. The highest BCUT2D eigenvalue weighted by molar-refractivity contribution is 7.82. The van der Waals surface area contributed by atoms with Crippen molar-refractivity contribution in [3.05, 3.63) is 0 Å². The minimum atomic E-state index is -4.24. The zero-order valence-corrected chi connectivity index (χ0v) is 9.32. The Morgan fingerprint density at radius 2 is 2.07 bits per heavy atom. The molecule has 0 aliphatic heterocycles. The Hall–Kier alpha value is -0.700. The summed E-state index contributed by atoms with van der Waals surface area (Å²) < 4.78 is 34.2. The van der Waals surface area contributed by atoms with E-state index in [4.69, 9.17) is 9.84 Å². The first-order valence-corrected chi connectivity index (χ1v) is 5.50. The molecule has 0 amide bonds. The van der Waals surface area contributed by atoms with Crippen LogP contribution >= 0.6 is 0 Å². The van der Waals surface area contributed by atoms with Crippen molar-refractivity contribution < 1.29 is 31.4 Å². The highest BCUT2D eigenvalue weighted by Gasteiger charge is 2.18. The van der Waals surface area contributed by atoms with Crippen molar-refractivity contribution in [2.45, 2.75) is 19.4 Å². The van der Waals surface area contributed by atoms with Gasteiger partial charge in [0.2, 0.25) is 0 Å². The van der Waals surface area contributed by atoms with Gasteiger partial charge in [-0.05, 0) is 6.92 Å². The molecule has 1 atom stereocenters. The van der Waals surface area contributed by atoms with Crippen molar-refractivity contribution >= 4 is 16.4 Å². The maximum atomic E-state index is 11.0. The van der Waals surface area contributed by atoms with E-state index in [1.165, 1.54) is 0 Å². The third-order valence-electron chi connectivity index (χ3n) is 1.35. The van der Waals surface area contributed by atoms with Gasteiger partial charge in [-0.1, -0.05) is 0 Å². The van der Waals surface area contributed by atoms with Crippen LogP contribution in [-0.4, -0.2) is 45.9 Å². The zero-order chi connectivity index (χ0) is 11.9. The topological polar surface area (TPSA) is 99.1 Å². The van der Waals surface area contributed by atoms with E-state index in [2.05, 4.69) is 8.37 Å². The molecule has 0 fully saturated rings. The molecule has 1 unspecified atom stereocenters. The zero-order valence-electron chi connectivity index (χ0n) is 8.50. The lowest BCUT2D eigenvalue weighted by Crippen LogP contribution is -2.21. The van der Waals surface area contributed by atoms with Gasteiger partial charge in [-0.15, -0.1) is 0 Å². The van der Waals surface area contributed by atoms with Crippen LogP contribution in [0.5, 0.6) is 0 Å². The molecule has 0 rings (SSSR count). The molecule has 15 heavy (non-hydrogen) atoms. The van der Waals surface area contributed by atoms with Gasteiger partial charge in [0.05, 0.1) is 32.8 Å². The minimum absolute atomic E-state index is 0.0749. The van der Waals surface area contributed by atoms with Crippen molar-refractivity contribution in [1.29, 1.82) is 0 Å². The Balaban J connectivity index is 3.94. The monoisotopic (exact) mass is 242 g/mol. The summed E-state index contributed by atoms with van der Waals surface area (Å²) in [6.45, 7) is 1.46. The molecule has 0 heterocycles. The summed E-state index contributed by atoms with van der Waals surface area (Å²) in [5.41, 5.74) is 0. The molecule has 0 spiro atoms. The van der Waals surface area contributed by atoms with Gasteiger partial charge in [0.15, 0.2) is 0 Å². The second-order valence-corrected chi connectivity index (χ2v) is 3.96. The average molecular weight is 242 g/mol. The van der Waals surface area contributed by atoms with E-state index < -0.39 is 22.5 Å². The summed E-state index contributed by atoms with van der Waals surface area (Å²) >= 11 is 0. The standard InChI is InChI=1S/C7H14O7S/c1-6(13-4-3-8)5-7(9)14-15(10,11)12-2/h6,8H,3-5H2,1-2H3. The third kappa shape index (κ3) is 7.25. The maximum Gasteiger partial charge on any atom is 0.451 e. The molecule has 1 N–H and O–H groups in total. The predicted octanol–water partition coefficient (Wildman–Crippen LogP) is -0.792. The van der Waals surface area contributed by atoms with E-state index >= 15 is 0 Å². The number of carbonyl (C=O) groups excluding carboxylic acids is 1. The smallest absolute Gasteiger partial charge is 0.394 e. The molecule has 8 heteroatoms. The van der Waals surface area contributed by atoms with Gasteiger partial charge < -0.3 is 14.0 Å². The fourth-order valence-electron chi connectivity index (χ4n) is 0.729. The second-order valence-electron chi connectivity index (χ2n) is 2.64. The van der Waals surface area contributed by atoms with Gasteiger partial charge in [0.25, 0.3) is 0 Å². The van der Waals surface area contributed by atoms with Crippen LogP contribution in [0, 0.1) is 0 Å². The number of hydrogen-bond acceptors (Lipinski definition) is 7. The summed E-state index contributed by atoms with van der Waals surface area (Å²) in [5, 5.41) is 8.42. The molecule has 0 aliphatic rings. The van der Waals surface area contributed by atoms with E-state index in [9.17, 15) is 13.2 Å². The van der Waals surface area contributed by atoms with Crippen molar-refractivity contribution in [2.24, 2.45) is 0 Å². The van der Waals surface area contributed by atoms with Crippen molar-refractivity contribution in [2.75, 3.05) is 20.3 Å². The molecule has 0 saturated carbocycles. The highest BCUT2D eigenvalue weighted by atomic mass is 32.3. The fraction of sp³-hybridized carbons (Fsp3) is 0.857. The van der Waals surface area contributed by atoms with Crippen LogP contribution in [0.4, 0.5) is 0 Å². The Kier molecular flexibility index (Phi) is 6.41. The van der Waals surface area contributed by atoms with Crippen LogP contribution in [0.2, 0.25) is 0 Å². The molecule has 0 aromatic heterocycles. The van der Waals surface area contributed by atoms with Crippen LogP contribution in [0.25, 0.3) is 0 Å². The number of rotatable bonds is 7. The Morgan fingerprint density at radius 3 is 2.53 bits per heavy atom. The minimum Gasteiger partial charge on any atom is -0.394 e. The van der Waals surface area contributed by atoms with Crippen LogP contribution in [-0.2, 0) is 28.3 Å². The molecule has 0 aromatic carbocycles. The highest BCUT2D eigenvalue weighted by Crippen LogP contribution is 2.03. The number of aliphatic hydroxyl groups excluding tert-OH is 1. The van der Waals surface area contributed by atoms with Crippen molar-refractivity contribution in [3.8, 4) is 0 Å². The Morgan fingerprint density at radius 1 is 1.47 bits per heavy atom. The van der Waals surface area contributed by atoms with Gasteiger partial charge in [-0.3, -0.25) is 4.79 Å². The van der Waals surface area contributed by atoms with Gasteiger partial charge in [0.1, 0.15) is 0 Å². The maximum absolute atomic E-state index is 11.0. The van der Waals surface area contributed by atoms with Crippen molar-refractivity contribution in [1.82, 2.24) is 0 Å². The summed E-state index contributed by atoms with van der Waals surface area (Å²) in [6, 6.07) is 0. The number of hydrogen-bond donors (Lipinski definition) is 1. The summed E-state index contributed by atoms with van der Waals surface area (Å²) in [7, 11) is -3.36. The van der Waals surface area contributed by atoms with E-state index in [0.29, 0.717) is 0 Å². The van der Waals surface area contributed by atoms with Crippen molar-refractivity contribution in [3.63, 3.8) is 0 Å². The third-order valence-corrected chi connectivity index (χ3v) is 2.15. The molecule has 0 bridgehead atoms. The van der Waals surface area contributed by atoms with Crippen LogP contribution < -0.4 is 0 Å². The van der Waals surface area contributed by atoms with Gasteiger partial charge in [-0.25, -0.2) is 4.18 Å². The van der Waals surface area contributed by atoms with Crippen LogP contribution in [0.15, 0.2) is 0 Å². The Labute approximate surface area is 88.3 Å². The SMILES string of the molecule is COS(=O)(=O)OC(=O)CC(C)OCCO. The first-order valence-electron chi connectivity index (χ1n) is 4.16. The molecular formula is C7H14O7S. The number of carbonyl (C=O) groups is 1. The lowest BCUT2D eigenvalue weighted by Gasteiger charge is -2.10. The molecule has 0 saturated heterocycles. The van der Waals surface area contributed by atoms with E-state index in [1.54, 1.807) is 6.92 Å². The van der Waals surface area contributed by atoms with E-state index in [-0.39, 0.29) is 19.6 Å². The number of aliphatic hydroxyl groups is 1. The quantitative estimate of drug-likeness (QED) is 0.624. The van der Waals surface area contributed by atoms with E-state index in [0.717, 1.165) is 7.11 Å². The van der Waals surface area contributed by atoms with Crippen LogP contribution in [0.3, 0.4) is 0 Å². The molecule has 0 radical (unpaired) electrons. The predicted molar refractivity (Wildman–Crippen MR) is 49.1 cm³/mol. The largest absolute Gasteiger partial charge is 0.451 e. The normalized spacial score (nSPS) is 13.5. The molecule has 90 valence electrons. The first kappa shape index (κ1) is 14.3. The summed E-state index contributed by atoms with van der Waals surface area (Å²) in [5.74, 6) is -0.970. The molecule has 0 aliphatic carbocycles. The molecular weight excluding hydrogens is 228 g/mol. The van der Waals surface area contributed by atoms with Gasteiger partial charge >= 0.3 is 16.4 Å². The van der Waals surface area contributed by atoms with Gasteiger partial charge in [0, 0.05) is 0 Å². The molecule has 0 aromatic rings. The second kappa shape index (κ2) is 6.72. The Bertz CT molecular complexity index is 284. The van der Waals surface area contributed by atoms with Gasteiger partial charge in [-0.2, -0.15) is 8.42 Å². The summed E-state index contributed by atoms with van der Waals surface area (Å²) in [6.07, 6.45) is -0.764.